The Morgan fingerprint density at radius 1 is 1.31 bits per heavy atom. The third-order valence-corrected chi connectivity index (χ3v) is 2.91. The van der Waals surface area contributed by atoms with E-state index in [0.717, 1.165) is 13.0 Å². The summed E-state index contributed by atoms with van der Waals surface area (Å²) in [6.07, 6.45) is 6.91. The smallest absolute Gasteiger partial charge is 0.220 e. The van der Waals surface area contributed by atoms with Gasteiger partial charge in [0, 0.05) is 13.0 Å². The number of hydrogen-bond donors (Lipinski definition) is 2. The monoisotopic (exact) mass is 228 g/mol. The van der Waals surface area contributed by atoms with Crippen molar-refractivity contribution in [3.63, 3.8) is 0 Å². The standard InChI is InChI=1S/C12H24N2O2/c1-13-8-4-7-12(15)14-9-10-16-11-5-2-3-6-11/h11,13H,2-10H2,1H3,(H,14,15). The summed E-state index contributed by atoms with van der Waals surface area (Å²) in [5.41, 5.74) is 0. The van der Waals surface area contributed by atoms with E-state index in [-0.39, 0.29) is 5.91 Å². The molecule has 1 aliphatic carbocycles. The second-order valence-corrected chi connectivity index (χ2v) is 4.33. The van der Waals surface area contributed by atoms with Gasteiger partial charge in [-0.3, -0.25) is 4.79 Å². The predicted octanol–water partition coefficient (Wildman–Crippen LogP) is 1.06. The molecule has 0 heterocycles. The highest BCUT2D eigenvalue weighted by Gasteiger charge is 2.14. The molecule has 0 aromatic carbocycles. The van der Waals surface area contributed by atoms with Crippen molar-refractivity contribution in [2.45, 2.75) is 44.6 Å². The van der Waals surface area contributed by atoms with Gasteiger partial charge in [0.2, 0.25) is 5.91 Å². The summed E-state index contributed by atoms with van der Waals surface area (Å²) < 4.78 is 5.65. The number of amides is 1. The predicted molar refractivity (Wildman–Crippen MR) is 64.4 cm³/mol. The fourth-order valence-electron chi connectivity index (χ4n) is 1.99. The molecule has 1 saturated carbocycles. The van der Waals surface area contributed by atoms with Crippen LogP contribution in [0.15, 0.2) is 0 Å². The van der Waals surface area contributed by atoms with Gasteiger partial charge in [0.25, 0.3) is 0 Å². The minimum atomic E-state index is 0.130. The fraction of sp³-hybridized carbons (Fsp3) is 0.917. The van der Waals surface area contributed by atoms with Crippen LogP contribution in [0.5, 0.6) is 0 Å². The molecule has 94 valence electrons. The van der Waals surface area contributed by atoms with E-state index in [1.165, 1.54) is 25.7 Å². The lowest BCUT2D eigenvalue weighted by atomic mass is 10.3. The van der Waals surface area contributed by atoms with Gasteiger partial charge in [-0.25, -0.2) is 0 Å². The van der Waals surface area contributed by atoms with Crippen molar-refractivity contribution in [1.29, 1.82) is 0 Å². The Morgan fingerprint density at radius 3 is 2.75 bits per heavy atom. The Bertz CT molecular complexity index is 191. The molecule has 4 nitrogen and oxygen atoms in total. The summed E-state index contributed by atoms with van der Waals surface area (Å²) in [4.78, 5) is 11.3. The van der Waals surface area contributed by atoms with E-state index in [1.807, 2.05) is 7.05 Å². The maximum Gasteiger partial charge on any atom is 0.220 e. The summed E-state index contributed by atoms with van der Waals surface area (Å²) in [6, 6.07) is 0. The van der Waals surface area contributed by atoms with E-state index in [4.69, 9.17) is 4.74 Å². The molecular weight excluding hydrogens is 204 g/mol. The zero-order valence-corrected chi connectivity index (χ0v) is 10.3. The van der Waals surface area contributed by atoms with Gasteiger partial charge < -0.3 is 15.4 Å². The summed E-state index contributed by atoms with van der Waals surface area (Å²) in [7, 11) is 1.90. The highest BCUT2D eigenvalue weighted by Crippen LogP contribution is 2.20. The minimum absolute atomic E-state index is 0.130. The molecule has 0 unspecified atom stereocenters. The highest BCUT2D eigenvalue weighted by molar-refractivity contribution is 5.75. The van der Waals surface area contributed by atoms with Gasteiger partial charge in [0.05, 0.1) is 12.7 Å². The molecule has 0 radical (unpaired) electrons. The quantitative estimate of drug-likeness (QED) is 0.611. The third-order valence-electron chi connectivity index (χ3n) is 2.91. The molecule has 1 fully saturated rings. The van der Waals surface area contributed by atoms with Crippen molar-refractivity contribution in [2.24, 2.45) is 0 Å². The number of hydrogen-bond acceptors (Lipinski definition) is 3. The van der Waals surface area contributed by atoms with Crippen LogP contribution in [0.25, 0.3) is 0 Å². The molecule has 0 aliphatic heterocycles. The fourth-order valence-corrected chi connectivity index (χ4v) is 1.99. The molecule has 0 bridgehead atoms. The lowest BCUT2D eigenvalue weighted by molar-refractivity contribution is -0.121. The van der Waals surface area contributed by atoms with Crippen LogP contribution < -0.4 is 10.6 Å². The van der Waals surface area contributed by atoms with E-state index in [2.05, 4.69) is 10.6 Å². The van der Waals surface area contributed by atoms with Crippen molar-refractivity contribution in [3.05, 3.63) is 0 Å². The number of carbonyl (C=O) groups excluding carboxylic acids is 1. The van der Waals surface area contributed by atoms with Crippen LogP contribution in [0.4, 0.5) is 0 Å². The third kappa shape index (κ3) is 6.08. The lowest BCUT2D eigenvalue weighted by Gasteiger charge is -2.11. The average molecular weight is 228 g/mol. The Kier molecular flexibility index (Phi) is 7.17. The van der Waals surface area contributed by atoms with Crippen molar-refractivity contribution in [2.75, 3.05) is 26.7 Å². The molecule has 0 spiro atoms. The zero-order valence-electron chi connectivity index (χ0n) is 10.3. The summed E-state index contributed by atoms with van der Waals surface area (Å²) >= 11 is 0. The summed E-state index contributed by atoms with van der Waals surface area (Å²) in [5, 5.41) is 5.90. The Morgan fingerprint density at radius 2 is 2.06 bits per heavy atom. The van der Waals surface area contributed by atoms with Crippen molar-refractivity contribution >= 4 is 5.91 Å². The normalized spacial score (nSPS) is 16.6. The summed E-state index contributed by atoms with van der Waals surface area (Å²) in [6.45, 7) is 2.20. The molecule has 16 heavy (non-hydrogen) atoms. The Balaban J connectivity index is 1.87. The van der Waals surface area contributed by atoms with Crippen molar-refractivity contribution < 1.29 is 9.53 Å². The van der Waals surface area contributed by atoms with E-state index in [9.17, 15) is 4.79 Å². The first-order chi connectivity index (χ1) is 7.83. The topological polar surface area (TPSA) is 50.4 Å². The molecule has 1 aliphatic rings. The Hall–Kier alpha value is -0.610. The largest absolute Gasteiger partial charge is 0.376 e. The van der Waals surface area contributed by atoms with Gasteiger partial charge >= 0.3 is 0 Å². The molecule has 2 N–H and O–H groups in total. The first kappa shape index (κ1) is 13.5. The van der Waals surface area contributed by atoms with E-state index in [1.54, 1.807) is 0 Å². The second-order valence-electron chi connectivity index (χ2n) is 4.33. The lowest BCUT2D eigenvalue weighted by Crippen LogP contribution is -2.28. The number of rotatable bonds is 8. The number of nitrogens with one attached hydrogen (secondary N) is 2. The van der Waals surface area contributed by atoms with E-state index in [0.29, 0.717) is 25.7 Å². The maximum absolute atomic E-state index is 11.3. The van der Waals surface area contributed by atoms with Crippen LogP contribution in [0.2, 0.25) is 0 Å². The number of carbonyl (C=O) groups is 1. The van der Waals surface area contributed by atoms with Gasteiger partial charge in [-0.2, -0.15) is 0 Å². The van der Waals surface area contributed by atoms with Crippen LogP contribution in [-0.2, 0) is 9.53 Å². The van der Waals surface area contributed by atoms with Crippen LogP contribution in [0.1, 0.15) is 38.5 Å². The Labute approximate surface area is 98.1 Å². The molecule has 4 heteroatoms. The van der Waals surface area contributed by atoms with Crippen molar-refractivity contribution in [3.8, 4) is 0 Å². The van der Waals surface area contributed by atoms with Crippen LogP contribution in [0.3, 0.4) is 0 Å². The molecule has 0 saturated heterocycles. The molecule has 0 atom stereocenters. The average Bonchev–Trinajstić information content (AvgIpc) is 2.78. The zero-order chi connectivity index (χ0) is 11.6. The van der Waals surface area contributed by atoms with Gasteiger partial charge in [-0.05, 0) is 32.9 Å². The van der Waals surface area contributed by atoms with Crippen LogP contribution >= 0.6 is 0 Å². The second kappa shape index (κ2) is 8.53. The minimum Gasteiger partial charge on any atom is -0.376 e. The van der Waals surface area contributed by atoms with Gasteiger partial charge in [0.1, 0.15) is 0 Å². The maximum atomic E-state index is 11.3. The summed E-state index contributed by atoms with van der Waals surface area (Å²) in [5.74, 6) is 0.130. The SMILES string of the molecule is CNCCCC(=O)NCCOC1CCCC1. The van der Waals surface area contributed by atoms with E-state index >= 15 is 0 Å². The van der Waals surface area contributed by atoms with Gasteiger partial charge in [-0.15, -0.1) is 0 Å². The van der Waals surface area contributed by atoms with Crippen molar-refractivity contribution in [1.82, 2.24) is 10.6 Å². The molecular formula is C12H24N2O2. The van der Waals surface area contributed by atoms with Gasteiger partial charge in [-0.1, -0.05) is 12.8 Å². The van der Waals surface area contributed by atoms with Crippen LogP contribution in [0, 0.1) is 0 Å². The van der Waals surface area contributed by atoms with Gasteiger partial charge in [0.15, 0.2) is 0 Å². The number of ether oxygens (including phenoxy) is 1. The van der Waals surface area contributed by atoms with E-state index < -0.39 is 0 Å². The molecule has 0 aromatic rings. The highest BCUT2D eigenvalue weighted by atomic mass is 16.5. The molecule has 1 rings (SSSR count). The van der Waals surface area contributed by atoms with Crippen LogP contribution in [-0.4, -0.2) is 38.8 Å². The first-order valence-corrected chi connectivity index (χ1v) is 6.36. The molecule has 0 aromatic heterocycles. The molecule has 1 amide bonds. The first-order valence-electron chi connectivity index (χ1n) is 6.36.